The largest absolute Gasteiger partial charge is 0.481 e. The van der Waals surface area contributed by atoms with Gasteiger partial charge >= 0.3 is 5.97 Å². The molecule has 0 heterocycles. The molecule has 5 nitrogen and oxygen atoms in total. The van der Waals surface area contributed by atoms with Gasteiger partial charge in [-0.1, -0.05) is 0 Å². The van der Waals surface area contributed by atoms with E-state index in [9.17, 15) is 9.59 Å². The average Bonchev–Trinajstić information content (AvgIpc) is 2.66. The zero-order chi connectivity index (χ0) is 12.1. The normalized spacial score (nSPS) is 25.8. The molecule has 1 aliphatic carbocycles. The summed E-state index contributed by atoms with van der Waals surface area (Å²) in [5.41, 5.74) is 5.53. The van der Waals surface area contributed by atoms with Gasteiger partial charge in [0.1, 0.15) is 0 Å². The monoisotopic (exact) mass is 224 g/mol. The summed E-state index contributed by atoms with van der Waals surface area (Å²) in [6.07, 6.45) is 7.01. The fourth-order valence-corrected chi connectivity index (χ4v) is 1.86. The Kier molecular flexibility index (Phi) is 4.32. The Morgan fingerprint density at radius 1 is 1.56 bits per heavy atom. The molecular weight excluding hydrogens is 208 g/mol. The van der Waals surface area contributed by atoms with Gasteiger partial charge in [-0.25, -0.2) is 0 Å². The third kappa shape index (κ3) is 3.24. The molecule has 0 aromatic carbocycles. The minimum atomic E-state index is -0.801. The Morgan fingerprint density at radius 2 is 2.25 bits per heavy atom. The highest BCUT2D eigenvalue weighted by molar-refractivity contribution is 5.82. The molecule has 0 saturated heterocycles. The number of hydrogen-bond donors (Lipinski definition) is 3. The zero-order valence-electron chi connectivity index (χ0n) is 8.98. The summed E-state index contributed by atoms with van der Waals surface area (Å²) < 4.78 is 0. The molecule has 0 aromatic rings. The van der Waals surface area contributed by atoms with E-state index >= 15 is 0 Å². The van der Waals surface area contributed by atoms with Crippen molar-refractivity contribution < 1.29 is 14.7 Å². The van der Waals surface area contributed by atoms with Crippen LogP contribution in [0.2, 0.25) is 0 Å². The predicted molar refractivity (Wildman–Crippen MR) is 58.3 cm³/mol. The summed E-state index contributed by atoms with van der Waals surface area (Å²) >= 11 is 0. The molecule has 1 unspecified atom stereocenters. The Balaban J connectivity index is 2.37. The van der Waals surface area contributed by atoms with Crippen LogP contribution >= 0.6 is 0 Å². The first kappa shape index (κ1) is 12.5. The fourth-order valence-electron chi connectivity index (χ4n) is 1.86. The fraction of sp³-hybridized carbons (Fsp3) is 0.636. The average molecular weight is 224 g/mol. The number of rotatable bonds is 4. The summed E-state index contributed by atoms with van der Waals surface area (Å²) in [5.74, 6) is 0.869. The Bertz CT molecular complexity index is 322. The third-order valence-electron chi connectivity index (χ3n) is 2.80. The van der Waals surface area contributed by atoms with Crippen molar-refractivity contribution in [1.29, 1.82) is 0 Å². The second-order valence-corrected chi connectivity index (χ2v) is 4.07. The van der Waals surface area contributed by atoms with Crippen LogP contribution in [0.3, 0.4) is 0 Å². The number of carboxylic acid groups (broad SMARTS) is 1. The first-order valence-corrected chi connectivity index (χ1v) is 5.26. The first-order chi connectivity index (χ1) is 7.54. The van der Waals surface area contributed by atoms with Crippen LogP contribution < -0.4 is 11.1 Å². The molecule has 88 valence electrons. The Labute approximate surface area is 94.4 Å². The maximum Gasteiger partial charge on any atom is 0.306 e. The number of carbonyl (C=O) groups is 2. The van der Waals surface area contributed by atoms with Crippen LogP contribution in [0, 0.1) is 18.3 Å². The van der Waals surface area contributed by atoms with Crippen molar-refractivity contribution >= 4 is 11.9 Å². The molecule has 1 aliphatic rings. The number of nitrogens with two attached hydrogens (primary N) is 1. The molecule has 0 bridgehead atoms. The number of nitrogens with one attached hydrogen (secondary N) is 1. The van der Waals surface area contributed by atoms with E-state index in [-0.39, 0.29) is 24.3 Å². The topological polar surface area (TPSA) is 92.4 Å². The molecule has 16 heavy (non-hydrogen) atoms. The zero-order valence-corrected chi connectivity index (χ0v) is 8.98. The smallest absolute Gasteiger partial charge is 0.306 e. The van der Waals surface area contributed by atoms with Crippen molar-refractivity contribution in [3.8, 4) is 12.3 Å². The van der Waals surface area contributed by atoms with E-state index in [1.54, 1.807) is 0 Å². The lowest BCUT2D eigenvalue weighted by Crippen LogP contribution is -2.44. The van der Waals surface area contributed by atoms with Gasteiger partial charge in [-0.2, -0.15) is 0 Å². The lowest BCUT2D eigenvalue weighted by molar-refractivity contribution is -0.141. The van der Waals surface area contributed by atoms with E-state index in [4.69, 9.17) is 17.3 Å². The number of aliphatic carboxylic acids is 1. The van der Waals surface area contributed by atoms with Crippen molar-refractivity contribution in [2.24, 2.45) is 11.7 Å². The van der Waals surface area contributed by atoms with Crippen LogP contribution in [-0.2, 0) is 9.59 Å². The number of carboxylic acids is 1. The van der Waals surface area contributed by atoms with Crippen molar-refractivity contribution in [1.82, 2.24) is 5.32 Å². The number of amides is 1. The van der Waals surface area contributed by atoms with E-state index in [1.807, 2.05) is 0 Å². The van der Waals surface area contributed by atoms with Gasteiger partial charge in [0, 0.05) is 12.5 Å². The maximum absolute atomic E-state index is 11.5. The minimum absolute atomic E-state index is 0.0857. The molecule has 0 aliphatic heterocycles. The molecular formula is C11H16N2O3. The SMILES string of the molecule is C#CCC(N)C(=O)N[C@H]1CC[C@@H](C(=O)O)C1. The van der Waals surface area contributed by atoms with Crippen LogP contribution in [0.15, 0.2) is 0 Å². The highest BCUT2D eigenvalue weighted by Gasteiger charge is 2.31. The van der Waals surface area contributed by atoms with Gasteiger partial charge < -0.3 is 16.2 Å². The van der Waals surface area contributed by atoms with Gasteiger partial charge in [0.15, 0.2) is 0 Å². The molecule has 1 amide bonds. The molecule has 3 atom stereocenters. The standard InChI is InChI=1S/C11H16N2O3/c1-2-3-9(12)10(14)13-8-5-4-7(6-8)11(15)16/h1,7-9H,3-6,12H2,(H,13,14)(H,15,16)/t7-,8+,9?/m1/s1. The van der Waals surface area contributed by atoms with Crippen molar-refractivity contribution in [2.45, 2.75) is 37.8 Å². The molecule has 1 saturated carbocycles. The van der Waals surface area contributed by atoms with Crippen molar-refractivity contribution in [3.63, 3.8) is 0 Å². The van der Waals surface area contributed by atoms with Gasteiger partial charge in [0.25, 0.3) is 0 Å². The van der Waals surface area contributed by atoms with E-state index in [0.29, 0.717) is 19.3 Å². The molecule has 0 aromatic heterocycles. The molecule has 1 rings (SSSR count). The van der Waals surface area contributed by atoms with E-state index in [1.165, 1.54) is 0 Å². The highest BCUT2D eigenvalue weighted by atomic mass is 16.4. The summed E-state index contributed by atoms with van der Waals surface area (Å²) in [5, 5.41) is 11.5. The van der Waals surface area contributed by atoms with E-state index in [2.05, 4.69) is 11.2 Å². The van der Waals surface area contributed by atoms with Crippen LogP contribution in [0.1, 0.15) is 25.7 Å². The Hall–Kier alpha value is -1.54. The van der Waals surface area contributed by atoms with Crippen LogP contribution in [-0.4, -0.2) is 29.1 Å². The number of carbonyl (C=O) groups excluding carboxylic acids is 1. The van der Waals surface area contributed by atoms with Gasteiger partial charge in [0.05, 0.1) is 12.0 Å². The van der Waals surface area contributed by atoms with Crippen LogP contribution in [0.5, 0.6) is 0 Å². The summed E-state index contributed by atoms with van der Waals surface area (Å²) in [7, 11) is 0. The summed E-state index contributed by atoms with van der Waals surface area (Å²) in [4.78, 5) is 22.2. The lowest BCUT2D eigenvalue weighted by atomic mass is 10.1. The maximum atomic E-state index is 11.5. The van der Waals surface area contributed by atoms with Crippen LogP contribution in [0.4, 0.5) is 0 Å². The molecule has 0 radical (unpaired) electrons. The van der Waals surface area contributed by atoms with E-state index < -0.39 is 12.0 Å². The Morgan fingerprint density at radius 3 is 2.75 bits per heavy atom. The highest BCUT2D eigenvalue weighted by Crippen LogP contribution is 2.25. The predicted octanol–water partition coefficient (Wildman–Crippen LogP) is -0.293. The first-order valence-electron chi connectivity index (χ1n) is 5.26. The third-order valence-corrected chi connectivity index (χ3v) is 2.80. The van der Waals surface area contributed by atoms with Gasteiger partial charge in [-0.05, 0) is 19.3 Å². The van der Waals surface area contributed by atoms with Gasteiger partial charge in [-0.15, -0.1) is 12.3 Å². The lowest BCUT2D eigenvalue weighted by Gasteiger charge is -2.15. The van der Waals surface area contributed by atoms with Crippen molar-refractivity contribution in [2.75, 3.05) is 0 Å². The van der Waals surface area contributed by atoms with Gasteiger partial charge in [0.2, 0.25) is 5.91 Å². The van der Waals surface area contributed by atoms with Crippen LogP contribution in [0.25, 0.3) is 0 Å². The van der Waals surface area contributed by atoms with Crippen molar-refractivity contribution in [3.05, 3.63) is 0 Å². The number of terminal acetylenes is 1. The quantitative estimate of drug-likeness (QED) is 0.572. The molecule has 4 N–H and O–H groups in total. The number of hydrogen-bond acceptors (Lipinski definition) is 3. The molecule has 5 heteroatoms. The van der Waals surface area contributed by atoms with E-state index in [0.717, 1.165) is 0 Å². The summed E-state index contributed by atoms with van der Waals surface area (Å²) in [6, 6.07) is -0.786. The minimum Gasteiger partial charge on any atom is -0.481 e. The molecule has 0 spiro atoms. The summed E-state index contributed by atoms with van der Waals surface area (Å²) in [6.45, 7) is 0. The second-order valence-electron chi connectivity index (χ2n) is 4.07. The van der Waals surface area contributed by atoms with Gasteiger partial charge in [-0.3, -0.25) is 9.59 Å². The molecule has 1 fully saturated rings. The second kappa shape index (κ2) is 5.52.